The molecular formula is C20H26N4O3S. The van der Waals surface area contributed by atoms with Crippen LogP contribution in [-0.4, -0.2) is 50.2 Å². The second kappa shape index (κ2) is 9.68. The summed E-state index contributed by atoms with van der Waals surface area (Å²) in [6.45, 7) is 1.14. The molecule has 1 fully saturated rings. The number of carbonyl (C=O) groups is 2. The van der Waals surface area contributed by atoms with E-state index in [2.05, 4.69) is 26.9 Å². The lowest BCUT2D eigenvalue weighted by Crippen LogP contribution is -2.36. The van der Waals surface area contributed by atoms with E-state index < -0.39 is 0 Å². The number of carbonyl (C=O) groups excluding carboxylic acids is 2. The van der Waals surface area contributed by atoms with Gasteiger partial charge in [0.05, 0.1) is 6.04 Å². The van der Waals surface area contributed by atoms with Crippen LogP contribution in [0.3, 0.4) is 0 Å². The predicted octanol–water partition coefficient (Wildman–Crippen LogP) is 3.29. The minimum absolute atomic E-state index is 0.126. The van der Waals surface area contributed by atoms with Crippen molar-refractivity contribution < 1.29 is 14.3 Å². The van der Waals surface area contributed by atoms with Gasteiger partial charge in [-0.25, -0.2) is 4.79 Å². The van der Waals surface area contributed by atoms with Crippen molar-refractivity contribution in [2.24, 2.45) is 0 Å². The molecule has 0 saturated carbocycles. The average Bonchev–Trinajstić information content (AvgIpc) is 3.37. The summed E-state index contributed by atoms with van der Waals surface area (Å²) in [5.74, 6) is -0.126. The minimum Gasteiger partial charge on any atom is -0.368 e. The van der Waals surface area contributed by atoms with E-state index in [9.17, 15) is 9.59 Å². The Balaban J connectivity index is 1.48. The molecule has 2 atom stereocenters. The highest BCUT2D eigenvalue weighted by atomic mass is 32.1. The molecule has 1 saturated heterocycles. The van der Waals surface area contributed by atoms with E-state index in [1.165, 1.54) is 4.88 Å². The fourth-order valence-corrected chi connectivity index (χ4v) is 3.95. The highest BCUT2D eigenvalue weighted by Crippen LogP contribution is 2.22. The van der Waals surface area contributed by atoms with Gasteiger partial charge >= 0.3 is 6.03 Å². The van der Waals surface area contributed by atoms with Crippen molar-refractivity contribution in [1.29, 1.82) is 0 Å². The Bertz CT molecular complexity index is 771. The van der Waals surface area contributed by atoms with E-state index in [1.54, 1.807) is 35.6 Å². The molecule has 1 aliphatic rings. The summed E-state index contributed by atoms with van der Waals surface area (Å²) < 4.78 is 5.37. The van der Waals surface area contributed by atoms with E-state index in [0.717, 1.165) is 12.8 Å². The minimum atomic E-state index is -0.364. The number of ether oxygens (including phenoxy) is 1. The van der Waals surface area contributed by atoms with Gasteiger partial charge in [0.25, 0.3) is 5.91 Å². The molecule has 0 aliphatic carbocycles. The number of amides is 3. The van der Waals surface area contributed by atoms with Crippen LogP contribution >= 0.6 is 11.3 Å². The van der Waals surface area contributed by atoms with Gasteiger partial charge in [-0.15, -0.1) is 11.3 Å². The first-order valence-electron chi connectivity index (χ1n) is 9.30. The molecular weight excluding hydrogens is 376 g/mol. The first-order valence-corrected chi connectivity index (χ1v) is 10.2. The molecule has 3 N–H and O–H groups in total. The number of urea groups is 1. The van der Waals surface area contributed by atoms with Gasteiger partial charge in [0.1, 0.15) is 6.10 Å². The molecule has 0 radical (unpaired) electrons. The number of benzene rings is 1. The lowest BCUT2D eigenvalue weighted by Gasteiger charge is -2.23. The number of hydrogen-bond acceptors (Lipinski definition) is 5. The zero-order valence-corrected chi connectivity index (χ0v) is 16.9. The Hall–Kier alpha value is -2.42. The summed E-state index contributed by atoms with van der Waals surface area (Å²) in [5, 5.41) is 10.6. The van der Waals surface area contributed by atoms with Crippen molar-refractivity contribution in [2.45, 2.75) is 25.0 Å². The molecule has 8 heteroatoms. The normalized spacial score (nSPS) is 17.3. The van der Waals surface area contributed by atoms with E-state index in [1.807, 2.05) is 25.5 Å². The Morgan fingerprint density at radius 1 is 1.18 bits per heavy atom. The van der Waals surface area contributed by atoms with Gasteiger partial charge in [0, 0.05) is 29.4 Å². The Morgan fingerprint density at radius 2 is 1.89 bits per heavy atom. The predicted molar refractivity (Wildman–Crippen MR) is 112 cm³/mol. The highest BCUT2D eigenvalue weighted by Gasteiger charge is 2.23. The fraction of sp³-hybridized carbons (Fsp3) is 0.400. The second-order valence-electron chi connectivity index (χ2n) is 6.90. The summed E-state index contributed by atoms with van der Waals surface area (Å²) in [7, 11) is 3.99. The number of likely N-dealkylation sites (N-methyl/N-ethyl adjacent to an activating group) is 1. The largest absolute Gasteiger partial charge is 0.368 e. The van der Waals surface area contributed by atoms with Crippen molar-refractivity contribution in [3.8, 4) is 0 Å². The maximum Gasteiger partial charge on any atom is 0.319 e. The summed E-state index contributed by atoms with van der Waals surface area (Å²) in [4.78, 5) is 27.6. The van der Waals surface area contributed by atoms with Crippen LogP contribution < -0.4 is 16.0 Å². The van der Waals surface area contributed by atoms with Gasteiger partial charge in [-0.05, 0) is 62.6 Å². The highest BCUT2D eigenvalue weighted by molar-refractivity contribution is 7.10. The summed E-state index contributed by atoms with van der Waals surface area (Å²) in [6, 6.07) is 11.0. The van der Waals surface area contributed by atoms with Gasteiger partial charge in [-0.2, -0.15) is 0 Å². The number of nitrogens with one attached hydrogen (secondary N) is 3. The van der Waals surface area contributed by atoms with Gasteiger partial charge in [-0.3, -0.25) is 4.79 Å². The zero-order chi connectivity index (χ0) is 19.9. The maximum absolute atomic E-state index is 12.2. The quantitative estimate of drug-likeness (QED) is 0.664. The molecule has 2 heterocycles. The lowest BCUT2D eigenvalue weighted by atomic mass is 10.2. The molecule has 0 spiro atoms. The van der Waals surface area contributed by atoms with Crippen LogP contribution in [0.25, 0.3) is 0 Å². The van der Waals surface area contributed by atoms with E-state index in [0.29, 0.717) is 24.5 Å². The first-order chi connectivity index (χ1) is 13.5. The Labute approximate surface area is 169 Å². The van der Waals surface area contributed by atoms with E-state index in [-0.39, 0.29) is 24.1 Å². The molecule has 3 amide bonds. The molecule has 1 aromatic heterocycles. The molecule has 2 unspecified atom stereocenters. The average molecular weight is 403 g/mol. The van der Waals surface area contributed by atoms with Crippen LogP contribution in [0.2, 0.25) is 0 Å². The number of rotatable bonds is 7. The van der Waals surface area contributed by atoms with E-state index >= 15 is 0 Å². The third kappa shape index (κ3) is 5.54. The molecule has 7 nitrogen and oxygen atoms in total. The van der Waals surface area contributed by atoms with Gasteiger partial charge in [-0.1, -0.05) is 6.07 Å². The topological polar surface area (TPSA) is 82.7 Å². The van der Waals surface area contributed by atoms with Crippen LogP contribution in [0, 0.1) is 0 Å². The van der Waals surface area contributed by atoms with Crippen molar-refractivity contribution in [3.05, 3.63) is 46.7 Å². The summed E-state index contributed by atoms with van der Waals surface area (Å²) in [6.07, 6.45) is 1.30. The van der Waals surface area contributed by atoms with Crippen molar-refractivity contribution in [2.75, 3.05) is 37.9 Å². The molecule has 3 rings (SSSR count). The van der Waals surface area contributed by atoms with Crippen LogP contribution in [0.1, 0.15) is 23.8 Å². The maximum atomic E-state index is 12.2. The number of anilines is 2. The molecule has 1 aliphatic heterocycles. The van der Waals surface area contributed by atoms with Crippen molar-refractivity contribution in [3.63, 3.8) is 0 Å². The van der Waals surface area contributed by atoms with Crippen molar-refractivity contribution in [1.82, 2.24) is 10.2 Å². The number of thiophene rings is 1. The van der Waals surface area contributed by atoms with Crippen LogP contribution in [0.4, 0.5) is 16.2 Å². The second-order valence-corrected chi connectivity index (χ2v) is 7.88. The fourth-order valence-electron chi connectivity index (χ4n) is 3.03. The lowest BCUT2D eigenvalue weighted by molar-refractivity contribution is -0.124. The third-order valence-corrected chi connectivity index (χ3v) is 5.56. The summed E-state index contributed by atoms with van der Waals surface area (Å²) in [5.41, 5.74) is 1.34. The number of nitrogens with zero attached hydrogens (tertiary/aromatic N) is 1. The van der Waals surface area contributed by atoms with Crippen molar-refractivity contribution >= 4 is 34.6 Å². The monoisotopic (exact) mass is 402 g/mol. The standard InChI is InChI=1S/C20H26N4O3S/c1-24(2)16(18-6-4-12-28-18)13-21-20(26)23-15-9-7-14(8-10-15)22-19(25)17-5-3-11-27-17/h4,6-10,12,16-17H,3,5,11,13H2,1-2H3,(H,22,25)(H2,21,23,26). The van der Waals surface area contributed by atoms with Crippen LogP contribution in [0.5, 0.6) is 0 Å². The molecule has 28 heavy (non-hydrogen) atoms. The third-order valence-electron chi connectivity index (χ3n) is 4.58. The first kappa shape index (κ1) is 20.3. The molecule has 2 aromatic rings. The van der Waals surface area contributed by atoms with Gasteiger partial charge in [0.2, 0.25) is 0 Å². The van der Waals surface area contributed by atoms with E-state index in [4.69, 9.17) is 4.74 Å². The van der Waals surface area contributed by atoms with Crippen LogP contribution in [-0.2, 0) is 9.53 Å². The molecule has 1 aromatic carbocycles. The van der Waals surface area contributed by atoms with Gasteiger partial charge in [0.15, 0.2) is 0 Å². The zero-order valence-electron chi connectivity index (χ0n) is 16.1. The smallest absolute Gasteiger partial charge is 0.319 e. The SMILES string of the molecule is CN(C)C(CNC(=O)Nc1ccc(NC(=O)C2CCCO2)cc1)c1cccs1. The van der Waals surface area contributed by atoms with Crippen LogP contribution in [0.15, 0.2) is 41.8 Å². The molecule has 0 bridgehead atoms. The molecule has 150 valence electrons. The Kier molecular flexibility index (Phi) is 7.02. The Morgan fingerprint density at radius 3 is 2.46 bits per heavy atom. The number of hydrogen-bond donors (Lipinski definition) is 3. The summed E-state index contributed by atoms with van der Waals surface area (Å²) >= 11 is 1.67. The van der Waals surface area contributed by atoms with Gasteiger partial charge < -0.3 is 25.6 Å².